The monoisotopic (exact) mass is 494 g/mol. The van der Waals surface area contributed by atoms with Crippen LogP contribution >= 0.6 is 46.4 Å². The van der Waals surface area contributed by atoms with E-state index in [0.29, 0.717) is 38.7 Å². The molecule has 0 fully saturated rings. The maximum atomic E-state index is 11.5. The molecule has 0 bridgehead atoms. The molecule has 8 heteroatoms. The first-order chi connectivity index (χ1) is 14.7. The minimum Gasteiger partial charge on any atom is -0.508 e. The average molecular weight is 496 g/mol. The van der Waals surface area contributed by atoms with Crippen molar-refractivity contribution in [1.82, 2.24) is 0 Å². The summed E-state index contributed by atoms with van der Waals surface area (Å²) < 4.78 is 0. The second-order valence-corrected chi connectivity index (χ2v) is 8.18. The molecular weight excluding hydrogens is 482 g/mol. The molecule has 4 rings (SSSR count). The van der Waals surface area contributed by atoms with Crippen LogP contribution in [0.1, 0.15) is 31.8 Å². The molecule has 3 aromatic rings. The second kappa shape index (κ2) is 9.75. The molecule has 1 aliphatic rings. The predicted molar refractivity (Wildman–Crippen MR) is 123 cm³/mol. The number of carbonyl (C=O) groups excluding carboxylic acids is 2. The third-order valence-electron chi connectivity index (χ3n) is 4.47. The Morgan fingerprint density at radius 2 is 1.00 bits per heavy atom. The van der Waals surface area contributed by atoms with Crippen LogP contribution < -0.4 is 0 Å². The van der Waals surface area contributed by atoms with Gasteiger partial charge in [-0.1, -0.05) is 70.7 Å². The number of aromatic hydroxyl groups is 2. The zero-order valence-electron chi connectivity index (χ0n) is 15.7. The van der Waals surface area contributed by atoms with Crippen LogP contribution in [0.5, 0.6) is 11.5 Å². The average Bonchev–Trinajstić information content (AvgIpc) is 2.76. The summed E-state index contributed by atoms with van der Waals surface area (Å²) in [5.74, 6) is -0.499. The van der Waals surface area contributed by atoms with Crippen molar-refractivity contribution in [3.8, 4) is 11.5 Å². The molecule has 0 saturated carbocycles. The number of allylic oxidation sites excluding steroid dienone is 2. The van der Waals surface area contributed by atoms with E-state index < -0.39 is 11.6 Å². The zero-order chi connectivity index (χ0) is 22.7. The standard InChI is InChI=1S/C13H10Cl2O2.C10H4Cl2O2/c14-10-1-3-12(16)8(6-10)5-9-7-11(15)2-4-13(9)17;11-7-8(12)10(14)6-4-2-1-3-5(6)9(7)13/h1-4,6-7,16-17H,5H2;1-4H. The Balaban J connectivity index is 0.000000179. The fraction of sp³-hybridized carbons (Fsp3) is 0.0435. The number of hydrogen-bond donors (Lipinski definition) is 2. The topological polar surface area (TPSA) is 74.6 Å². The third kappa shape index (κ3) is 5.23. The Labute approximate surface area is 198 Å². The highest BCUT2D eigenvalue weighted by Gasteiger charge is 2.29. The summed E-state index contributed by atoms with van der Waals surface area (Å²) in [7, 11) is 0. The SMILES string of the molecule is O=C1C(Cl)=C(Cl)C(=O)c2ccccc21.Oc1ccc(Cl)cc1Cc1cc(Cl)ccc1O. The Kier molecular flexibility index (Phi) is 7.29. The fourth-order valence-corrected chi connectivity index (χ4v) is 3.68. The molecule has 0 spiro atoms. The number of halogens is 4. The third-order valence-corrected chi connectivity index (χ3v) is 5.76. The number of phenols is 2. The second-order valence-electron chi connectivity index (χ2n) is 6.55. The number of hydrogen-bond acceptors (Lipinski definition) is 4. The molecule has 1 aliphatic carbocycles. The van der Waals surface area contributed by atoms with Crippen molar-refractivity contribution in [1.29, 1.82) is 0 Å². The van der Waals surface area contributed by atoms with Crippen molar-refractivity contribution in [2.24, 2.45) is 0 Å². The number of carbonyl (C=O) groups is 2. The van der Waals surface area contributed by atoms with Gasteiger partial charge in [-0.3, -0.25) is 9.59 Å². The molecule has 158 valence electrons. The number of fused-ring (bicyclic) bond motifs is 1. The van der Waals surface area contributed by atoms with Crippen LogP contribution in [0, 0.1) is 0 Å². The van der Waals surface area contributed by atoms with Gasteiger partial charge >= 0.3 is 0 Å². The van der Waals surface area contributed by atoms with Gasteiger partial charge < -0.3 is 10.2 Å². The number of phenolic OH excluding ortho intramolecular Hbond substituents is 2. The molecule has 0 atom stereocenters. The van der Waals surface area contributed by atoms with Gasteiger partial charge in [-0.2, -0.15) is 0 Å². The normalized spacial score (nSPS) is 12.9. The van der Waals surface area contributed by atoms with Gasteiger partial charge in [0.25, 0.3) is 0 Å². The van der Waals surface area contributed by atoms with Crippen LogP contribution in [-0.4, -0.2) is 21.8 Å². The largest absolute Gasteiger partial charge is 0.508 e. The molecule has 0 unspecified atom stereocenters. The minimum atomic E-state index is -0.396. The van der Waals surface area contributed by atoms with Gasteiger partial charge in [0.15, 0.2) is 0 Å². The maximum Gasteiger partial charge on any atom is 0.206 e. The van der Waals surface area contributed by atoms with E-state index in [9.17, 15) is 19.8 Å². The van der Waals surface area contributed by atoms with Crippen LogP contribution in [0.25, 0.3) is 0 Å². The lowest BCUT2D eigenvalue weighted by molar-refractivity contribution is 0.0987. The number of benzene rings is 3. The Hall–Kier alpha value is -2.50. The van der Waals surface area contributed by atoms with E-state index in [4.69, 9.17) is 46.4 Å². The molecule has 0 aliphatic heterocycles. The maximum absolute atomic E-state index is 11.5. The Morgan fingerprint density at radius 1 is 0.613 bits per heavy atom. The van der Waals surface area contributed by atoms with Crippen molar-refractivity contribution in [2.75, 3.05) is 0 Å². The predicted octanol–water partition coefficient (Wildman–Crippen LogP) is 6.75. The lowest BCUT2D eigenvalue weighted by atomic mass is 9.95. The summed E-state index contributed by atoms with van der Waals surface area (Å²) in [6, 6.07) is 16.1. The van der Waals surface area contributed by atoms with E-state index in [-0.39, 0.29) is 21.6 Å². The van der Waals surface area contributed by atoms with Gasteiger partial charge in [0.1, 0.15) is 21.6 Å². The molecule has 3 aromatic carbocycles. The number of Topliss-reactive ketones (excluding diaryl/α,β-unsaturated/α-hetero) is 2. The molecule has 0 heterocycles. The Morgan fingerprint density at radius 3 is 1.39 bits per heavy atom. The van der Waals surface area contributed by atoms with E-state index in [0.717, 1.165) is 0 Å². The summed E-state index contributed by atoms with van der Waals surface area (Å²) in [5, 5.41) is 20.1. The summed E-state index contributed by atoms with van der Waals surface area (Å²) in [5.41, 5.74) is 1.92. The first-order valence-electron chi connectivity index (χ1n) is 8.87. The zero-order valence-corrected chi connectivity index (χ0v) is 18.7. The highest BCUT2D eigenvalue weighted by Crippen LogP contribution is 2.30. The van der Waals surface area contributed by atoms with Crippen molar-refractivity contribution in [3.05, 3.63) is 103 Å². The van der Waals surface area contributed by atoms with E-state index in [1.54, 1.807) is 48.5 Å². The van der Waals surface area contributed by atoms with E-state index in [1.165, 1.54) is 12.1 Å². The highest BCUT2D eigenvalue weighted by atomic mass is 35.5. The molecule has 0 aromatic heterocycles. The molecule has 31 heavy (non-hydrogen) atoms. The van der Waals surface area contributed by atoms with Crippen molar-refractivity contribution >= 4 is 58.0 Å². The van der Waals surface area contributed by atoms with Gasteiger partial charge in [0, 0.05) is 27.6 Å². The summed E-state index contributed by atoms with van der Waals surface area (Å²) in [6.07, 6.45) is 0.374. The molecule has 0 saturated heterocycles. The molecule has 0 radical (unpaired) electrons. The van der Waals surface area contributed by atoms with Gasteiger partial charge in [0.05, 0.1) is 0 Å². The lowest BCUT2D eigenvalue weighted by Crippen LogP contribution is -2.17. The fourth-order valence-electron chi connectivity index (χ4n) is 2.91. The smallest absolute Gasteiger partial charge is 0.206 e. The molecule has 0 amide bonds. The van der Waals surface area contributed by atoms with Crippen molar-refractivity contribution in [2.45, 2.75) is 6.42 Å². The number of ketones is 2. The Bertz CT molecular complexity index is 1130. The lowest BCUT2D eigenvalue weighted by Gasteiger charge is -2.12. The van der Waals surface area contributed by atoms with E-state index >= 15 is 0 Å². The van der Waals surface area contributed by atoms with Gasteiger partial charge in [-0.15, -0.1) is 0 Å². The minimum absolute atomic E-state index is 0.147. The number of rotatable bonds is 2. The van der Waals surface area contributed by atoms with Crippen LogP contribution in [0.15, 0.2) is 70.7 Å². The van der Waals surface area contributed by atoms with Crippen molar-refractivity contribution in [3.63, 3.8) is 0 Å². The first kappa shape index (κ1) is 23.2. The van der Waals surface area contributed by atoms with Gasteiger partial charge in [0.2, 0.25) is 11.6 Å². The molecular formula is C23H14Cl4O4. The van der Waals surface area contributed by atoms with Crippen LogP contribution in [0.4, 0.5) is 0 Å². The van der Waals surface area contributed by atoms with Crippen LogP contribution in [0.2, 0.25) is 10.0 Å². The van der Waals surface area contributed by atoms with Crippen LogP contribution in [0.3, 0.4) is 0 Å². The first-order valence-corrected chi connectivity index (χ1v) is 10.4. The van der Waals surface area contributed by atoms with E-state index in [1.807, 2.05) is 0 Å². The highest BCUT2D eigenvalue weighted by molar-refractivity contribution is 6.59. The molecule has 4 nitrogen and oxygen atoms in total. The van der Waals surface area contributed by atoms with Gasteiger partial charge in [-0.05, 0) is 47.5 Å². The van der Waals surface area contributed by atoms with Crippen LogP contribution in [-0.2, 0) is 6.42 Å². The summed E-state index contributed by atoms with van der Waals surface area (Å²) >= 11 is 22.9. The summed E-state index contributed by atoms with van der Waals surface area (Å²) in [4.78, 5) is 23.1. The van der Waals surface area contributed by atoms with Crippen molar-refractivity contribution < 1.29 is 19.8 Å². The van der Waals surface area contributed by atoms with E-state index in [2.05, 4.69) is 0 Å². The quantitative estimate of drug-likeness (QED) is 0.412. The summed E-state index contributed by atoms with van der Waals surface area (Å²) in [6.45, 7) is 0. The van der Waals surface area contributed by atoms with Gasteiger partial charge in [-0.25, -0.2) is 0 Å². The molecule has 2 N–H and O–H groups in total.